The summed E-state index contributed by atoms with van der Waals surface area (Å²) in [6, 6.07) is 0. The van der Waals surface area contributed by atoms with Crippen LogP contribution in [0.3, 0.4) is 0 Å². The second-order valence-corrected chi connectivity index (χ2v) is 4.02. The molecule has 0 aliphatic rings. The van der Waals surface area contributed by atoms with E-state index >= 15 is 0 Å². The van der Waals surface area contributed by atoms with E-state index in [1.807, 2.05) is 0 Å². The molecule has 0 aromatic carbocycles. The molecule has 0 atom stereocenters. The van der Waals surface area contributed by atoms with E-state index in [2.05, 4.69) is 20.3 Å². The number of thiazole rings is 1. The van der Waals surface area contributed by atoms with Crippen LogP contribution in [0.25, 0.3) is 10.5 Å². The fraction of sp³-hybridized carbons (Fsp3) is 0.444. The SMILES string of the molecule is COCCNCc1nc2nccnc2s1. The van der Waals surface area contributed by atoms with Crippen LogP contribution in [0.1, 0.15) is 5.01 Å². The van der Waals surface area contributed by atoms with E-state index in [0.29, 0.717) is 6.61 Å². The van der Waals surface area contributed by atoms with E-state index in [-0.39, 0.29) is 0 Å². The van der Waals surface area contributed by atoms with Gasteiger partial charge in [0.2, 0.25) is 0 Å². The normalized spacial score (nSPS) is 11.0. The van der Waals surface area contributed by atoms with Crippen molar-refractivity contribution in [2.45, 2.75) is 6.54 Å². The summed E-state index contributed by atoms with van der Waals surface area (Å²) >= 11 is 1.57. The van der Waals surface area contributed by atoms with Gasteiger partial charge in [-0.2, -0.15) is 0 Å². The highest BCUT2D eigenvalue weighted by Crippen LogP contribution is 2.16. The lowest BCUT2D eigenvalue weighted by Crippen LogP contribution is -2.18. The van der Waals surface area contributed by atoms with Crippen molar-refractivity contribution >= 4 is 21.8 Å². The van der Waals surface area contributed by atoms with Crippen molar-refractivity contribution in [3.63, 3.8) is 0 Å². The molecule has 6 heteroatoms. The maximum atomic E-state index is 4.93. The molecule has 15 heavy (non-hydrogen) atoms. The molecule has 0 radical (unpaired) electrons. The number of nitrogens with one attached hydrogen (secondary N) is 1. The summed E-state index contributed by atoms with van der Waals surface area (Å²) in [5, 5.41) is 4.24. The van der Waals surface area contributed by atoms with Crippen LogP contribution in [0.15, 0.2) is 12.4 Å². The van der Waals surface area contributed by atoms with Crippen LogP contribution in [0.2, 0.25) is 0 Å². The lowest BCUT2D eigenvalue weighted by atomic mass is 10.6. The first-order chi connectivity index (χ1) is 7.40. The summed E-state index contributed by atoms with van der Waals surface area (Å²) < 4.78 is 4.93. The lowest BCUT2D eigenvalue weighted by Gasteiger charge is -1.99. The Labute approximate surface area is 91.5 Å². The summed E-state index contributed by atoms with van der Waals surface area (Å²) in [5.74, 6) is 0. The number of ether oxygens (including phenoxy) is 1. The fourth-order valence-electron chi connectivity index (χ4n) is 1.16. The van der Waals surface area contributed by atoms with Crippen LogP contribution in [0, 0.1) is 0 Å². The highest BCUT2D eigenvalue weighted by atomic mass is 32.1. The largest absolute Gasteiger partial charge is 0.383 e. The van der Waals surface area contributed by atoms with Crippen LogP contribution in [-0.4, -0.2) is 35.2 Å². The third-order valence-electron chi connectivity index (χ3n) is 1.85. The molecule has 0 unspecified atom stereocenters. The molecule has 0 bridgehead atoms. The van der Waals surface area contributed by atoms with Crippen LogP contribution in [0.5, 0.6) is 0 Å². The first-order valence-corrected chi connectivity index (χ1v) is 5.48. The monoisotopic (exact) mass is 224 g/mol. The van der Waals surface area contributed by atoms with Crippen LogP contribution in [-0.2, 0) is 11.3 Å². The Hall–Kier alpha value is -1.11. The van der Waals surface area contributed by atoms with E-state index < -0.39 is 0 Å². The number of hydrogen-bond donors (Lipinski definition) is 1. The number of hydrogen-bond acceptors (Lipinski definition) is 6. The van der Waals surface area contributed by atoms with Gasteiger partial charge in [0, 0.05) is 32.6 Å². The highest BCUT2D eigenvalue weighted by Gasteiger charge is 2.03. The molecule has 5 nitrogen and oxygen atoms in total. The van der Waals surface area contributed by atoms with E-state index in [0.717, 1.165) is 28.6 Å². The summed E-state index contributed by atoms with van der Waals surface area (Å²) in [7, 11) is 1.69. The van der Waals surface area contributed by atoms with Crippen LogP contribution >= 0.6 is 11.3 Å². The average Bonchev–Trinajstić information content (AvgIpc) is 2.67. The van der Waals surface area contributed by atoms with Crippen molar-refractivity contribution in [2.24, 2.45) is 0 Å². The molecule has 0 saturated carbocycles. The number of methoxy groups -OCH3 is 1. The van der Waals surface area contributed by atoms with Gasteiger partial charge < -0.3 is 10.1 Å². The van der Waals surface area contributed by atoms with Gasteiger partial charge in [0.1, 0.15) is 5.01 Å². The minimum absolute atomic E-state index is 0.710. The zero-order chi connectivity index (χ0) is 10.5. The summed E-state index contributed by atoms with van der Waals surface area (Å²) in [5.41, 5.74) is 0.728. The van der Waals surface area contributed by atoms with Gasteiger partial charge in [-0.15, -0.1) is 0 Å². The minimum Gasteiger partial charge on any atom is -0.383 e. The Balaban J connectivity index is 1.97. The fourth-order valence-corrected chi connectivity index (χ4v) is 2.00. The second kappa shape index (κ2) is 5.11. The van der Waals surface area contributed by atoms with Gasteiger partial charge >= 0.3 is 0 Å². The minimum atomic E-state index is 0.710. The quantitative estimate of drug-likeness (QED) is 0.762. The molecule has 2 heterocycles. The van der Waals surface area contributed by atoms with Gasteiger partial charge in [-0.3, -0.25) is 0 Å². The molecular weight excluding hydrogens is 212 g/mol. The van der Waals surface area contributed by atoms with E-state index in [4.69, 9.17) is 4.74 Å². The topological polar surface area (TPSA) is 59.9 Å². The third-order valence-corrected chi connectivity index (χ3v) is 2.80. The van der Waals surface area contributed by atoms with Gasteiger partial charge in [0.05, 0.1) is 6.61 Å². The smallest absolute Gasteiger partial charge is 0.189 e. The molecule has 2 aromatic rings. The number of fused-ring (bicyclic) bond motifs is 1. The van der Waals surface area contributed by atoms with Gasteiger partial charge in [0.25, 0.3) is 0 Å². The number of rotatable bonds is 5. The van der Waals surface area contributed by atoms with Gasteiger partial charge in [-0.25, -0.2) is 15.0 Å². The summed E-state index contributed by atoms with van der Waals surface area (Å²) in [4.78, 5) is 13.6. The predicted molar refractivity (Wildman–Crippen MR) is 58.8 cm³/mol. The first kappa shape index (κ1) is 10.4. The molecule has 0 amide bonds. The maximum absolute atomic E-state index is 4.93. The standard InChI is InChI=1S/C9H12N4OS/c1-14-5-4-10-6-7-13-8-9(15-7)12-3-2-11-8/h2-3,10H,4-6H2,1H3. The molecule has 0 spiro atoms. The Bertz CT molecular complexity index is 398. The van der Waals surface area contributed by atoms with Crippen molar-refractivity contribution in [1.82, 2.24) is 20.3 Å². The van der Waals surface area contributed by atoms with Gasteiger partial charge in [-0.05, 0) is 0 Å². The maximum Gasteiger partial charge on any atom is 0.189 e. The zero-order valence-electron chi connectivity index (χ0n) is 8.43. The Morgan fingerprint density at radius 3 is 3.07 bits per heavy atom. The number of nitrogens with zero attached hydrogens (tertiary/aromatic N) is 3. The number of aromatic nitrogens is 3. The Morgan fingerprint density at radius 1 is 1.40 bits per heavy atom. The molecule has 0 fully saturated rings. The van der Waals surface area contributed by atoms with Crippen LogP contribution < -0.4 is 5.32 Å². The predicted octanol–water partition coefficient (Wildman–Crippen LogP) is 0.822. The molecular formula is C9H12N4OS. The third kappa shape index (κ3) is 2.68. The molecule has 2 rings (SSSR count). The van der Waals surface area contributed by atoms with Crippen molar-refractivity contribution in [1.29, 1.82) is 0 Å². The van der Waals surface area contributed by atoms with E-state index in [1.54, 1.807) is 30.8 Å². The van der Waals surface area contributed by atoms with Crippen molar-refractivity contribution in [3.05, 3.63) is 17.4 Å². The van der Waals surface area contributed by atoms with Crippen molar-refractivity contribution < 1.29 is 4.74 Å². The van der Waals surface area contributed by atoms with Gasteiger partial charge in [-0.1, -0.05) is 11.3 Å². The molecule has 80 valence electrons. The Morgan fingerprint density at radius 2 is 2.27 bits per heavy atom. The first-order valence-electron chi connectivity index (χ1n) is 4.66. The van der Waals surface area contributed by atoms with Crippen molar-refractivity contribution in [3.8, 4) is 0 Å². The van der Waals surface area contributed by atoms with E-state index in [1.165, 1.54) is 0 Å². The lowest BCUT2D eigenvalue weighted by molar-refractivity contribution is 0.199. The molecule has 0 aliphatic carbocycles. The summed E-state index contributed by atoms with van der Waals surface area (Å²) in [6.07, 6.45) is 3.34. The van der Waals surface area contributed by atoms with Crippen molar-refractivity contribution in [2.75, 3.05) is 20.3 Å². The zero-order valence-corrected chi connectivity index (χ0v) is 9.25. The van der Waals surface area contributed by atoms with Gasteiger partial charge in [0.15, 0.2) is 10.5 Å². The Kier molecular flexibility index (Phi) is 3.54. The molecule has 0 saturated heterocycles. The molecule has 0 aliphatic heterocycles. The average molecular weight is 224 g/mol. The molecule has 2 aromatic heterocycles. The second-order valence-electron chi connectivity index (χ2n) is 2.96. The van der Waals surface area contributed by atoms with E-state index in [9.17, 15) is 0 Å². The molecule has 1 N–H and O–H groups in total. The summed E-state index contributed by atoms with van der Waals surface area (Å²) in [6.45, 7) is 2.28. The highest BCUT2D eigenvalue weighted by molar-refractivity contribution is 7.18. The van der Waals surface area contributed by atoms with Crippen LogP contribution in [0.4, 0.5) is 0 Å².